The van der Waals surface area contributed by atoms with Crippen molar-refractivity contribution in [3.8, 4) is 0 Å². The number of hydrogen-bond donors (Lipinski definition) is 1. The Morgan fingerprint density at radius 3 is 2.57 bits per heavy atom. The lowest BCUT2D eigenvalue weighted by atomic mass is 9.84. The van der Waals surface area contributed by atoms with Crippen LogP contribution in [0.3, 0.4) is 0 Å². The largest absolute Gasteiger partial charge is 0.353 e. The highest BCUT2D eigenvalue weighted by Gasteiger charge is 2.25. The Morgan fingerprint density at radius 2 is 2.00 bits per heavy atom. The third kappa shape index (κ3) is 3.66. The second-order valence-electron chi connectivity index (χ2n) is 4.61. The van der Waals surface area contributed by atoms with Crippen molar-refractivity contribution in [2.75, 3.05) is 20.6 Å². The molecule has 0 aliphatic heterocycles. The van der Waals surface area contributed by atoms with Crippen LogP contribution in [0.2, 0.25) is 0 Å². The van der Waals surface area contributed by atoms with Crippen LogP contribution in [0.4, 0.5) is 0 Å². The average Bonchev–Trinajstić information content (AvgIpc) is 2.06. The third-order valence-corrected chi connectivity index (χ3v) is 2.90. The molecule has 1 fully saturated rings. The lowest BCUT2D eigenvalue weighted by Gasteiger charge is -2.33. The standard InChI is InChI=1S/C11H22N2O/c1-9(14)12-11-7-5-4-6-10(11)8-13(2)3/h10-11H,4-8H2,1-3H3,(H,12,14). The number of carbonyl (C=O) groups is 1. The second kappa shape index (κ2) is 5.35. The Morgan fingerprint density at radius 1 is 1.36 bits per heavy atom. The number of rotatable bonds is 3. The van der Waals surface area contributed by atoms with Crippen LogP contribution in [0.25, 0.3) is 0 Å². The van der Waals surface area contributed by atoms with Gasteiger partial charge in [-0.15, -0.1) is 0 Å². The molecule has 1 aliphatic rings. The summed E-state index contributed by atoms with van der Waals surface area (Å²) in [5.41, 5.74) is 0. The molecule has 1 rings (SSSR count). The van der Waals surface area contributed by atoms with Gasteiger partial charge in [-0.3, -0.25) is 4.79 Å². The number of amides is 1. The van der Waals surface area contributed by atoms with Gasteiger partial charge in [-0.05, 0) is 32.9 Å². The van der Waals surface area contributed by atoms with Crippen molar-refractivity contribution in [1.29, 1.82) is 0 Å². The highest BCUT2D eigenvalue weighted by atomic mass is 16.1. The summed E-state index contributed by atoms with van der Waals surface area (Å²) in [6.45, 7) is 2.70. The third-order valence-electron chi connectivity index (χ3n) is 2.90. The van der Waals surface area contributed by atoms with Gasteiger partial charge in [0.2, 0.25) is 5.91 Å². The molecule has 1 amide bonds. The van der Waals surface area contributed by atoms with Crippen molar-refractivity contribution in [1.82, 2.24) is 10.2 Å². The molecule has 1 aliphatic carbocycles. The summed E-state index contributed by atoms with van der Waals surface area (Å²) >= 11 is 0. The molecule has 0 aromatic rings. The molecule has 82 valence electrons. The van der Waals surface area contributed by atoms with Crippen LogP contribution in [0.5, 0.6) is 0 Å². The highest BCUT2D eigenvalue weighted by molar-refractivity contribution is 5.73. The van der Waals surface area contributed by atoms with Gasteiger partial charge in [-0.25, -0.2) is 0 Å². The Hall–Kier alpha value is -0.570. The average molecular weight is 198 g/mol. The van der Waals surface area contributed by atoms with Crippen molar-refractivity contribution >= 4 is 5.91 Å². The first kappa shape index (κ1) is 11.5. The molecule has 0 heterocycles. The van der Waals surface area contributed by atoms with Crippen LogP contribution >= 0.6 is 0 Å². The van der Waals surface area contributed by atoms with Crippen molar-refractivity contribution in [3.05, 3.63) is 0 Å². The maximum absolute atomic E-state index is 11.0. The summed E-state index contributed by atoms with van der Waals surface area (Å²) in [5.74, 6) is 0.753. The maximum atomic E-state index is 11.0. The maximum Gasteiger partial charge on any atom is 0.217 e. The van der Waals surface area contributed by atoms with E-state index in [0.717, 1.165) is 13.0 Å². The molecule has 0 aromatic heterocycles. The second-order valence-corrected chi connectivity index (χ2v) is 4.61. The lowest BCUT2D eigenvalue weighted by molar-refractivity contribution is -0.120. The molecule has 0 bridgehead atoms. The molecule has 0 radical (unpaired) electrons. The Labute approximate surface area is 86.9 Å². The molecule has 0 saturated heterocycles. The lowest BCUT2D eigenvalue weighted by Crippen LogP contribution is -2.44. The summed E-state index contributed by atoms with van der Waals surface area (Å²) in [6.07, 6.45) is 4.98. The molecule has 14 heavy (non-hydrogen) atoms. The normalized spacial score (nSPS) is 27.7. The molecule has 1 N–H and O–H groups in total. The molecule has 3 heteroatoms. The van der Waals surface area contributed by atoms with E-state index in [1.54, 1.807) is 6.92 Å². The van der Waals surface area contributed by atoms with E-state index in [4.69, 9.17) is 0 Å². The molecule has 3 nitrogen and oxygen atoms in total. The predicted molar refractivity (Wildman–Crippen MR) is 58.1 cm³/mol. The van der Waals surface area contributed by atoms with Gasteiger partial charge < -0.3 is 10.2 Å². The van der Waals surface area contributed by atoms with E-state index in [9.17, 15) is 4.79 Å². The number of nitrogens with zero attached hydrogens (tertiary/aromatic N) is 1. The number of carbonyl (C=O) groups excluding carboxylic acids is 1. The Bertz CT molecular complexity index is 192. The summed E-state index contributed by atoms with van der Waals surface area (Å²) in [5, 5.41) is 3.07. The summed E-state index contributed by atoms with van der Waals surface area (Å²) < 4.78 is 0. The van der Waals surface area contributed by atoms with E-state index in [0.29, 0.717) is 12.0 Å². The Balaban J connectivity index is 2.45. The van der Waals surface area contributed by atoms with Gasteiger partial charge in [0.15, 0.2) is 0 Å². The van der Waals surface area contributed by atoms with Gasteiger partial charge in [0, 0.05) is 19.5 Å². The van der Waals surface area contributed by atoms with Crippen molar-refractivity contribution in [2.24, 2.45) is 5.92 Å². The minimum atomic E-state index is 0.112. The molecule has 2 unspecified atom stereocenters. The van der Waals surface area contributed by atoms with Crippen LogP contribution in [0.1, 0.15) is 32.6 Å². The zero-order chi connectivity index (χ0) is 10.6. The summed E-state index contributed by atoms with van der Waals surface area (Å²) in [4.78, 5) is 13.2. The zero-order valence-electron chi connectivity index (χ0n) is 9.55. The van der Waals surface area contributed by atoms with Gasteiger partial charge in [0.1, 0.15) is 0 Å². The molecule has 2 atom stereocenters. The van der Waals surface area contributed by atoms with E-state index >= 15 is 0 Å². The first-order chi connectivity index (χ1) is 6.59. The highest BCUT2D eigenvalue weighted by Crippen LogP contribution is 2.24. The monoisotopic (exact) mass is 198 g/mol. The Kier molecular flexibility index (Phi) is 4.39. The van der Waals surface area contributed by atoms with Gasteiger partial charge >= 0.3 is 0 Å². The smallest absolute Gasteiger partial charge is 0.217 e. The summed E-state index contributed by atoms with van der Waals surface area (Å²) in [7, 11) is 4.19. The first-order valence-corrected chi connectivity index (χ1v) is 5.51. The fourth-order valence-corrected chi connectivity index (χ4v) is 2.35. The van der Waals surface area contributed by atoms with E-state index in [-0.39, 0.29) is 5.91 Å². The topological polar surface area (TPSA) is 32.3 Å². The zero-order valence-corrected chi connectivity index (χ0v) is 9.55. The molecule has 0 aromatic carbocycles. The fourth-order valence-electron chi connectivity index (χ4n) is 2.35. The van der Waals surface area contributed by atoms with Crippen LogP contribution in [0.15, 0.2) is 0 Å². The number of nitrogens with one attached hydrogen (secondary N) is 1. The van der Waals surface area contributed by atoms with Crippen LogP contribution < -0.4 is 5.32 Å². The predicted octanol–water partition coefficient (Wildman–Crippen LogP) is 1.24. The van der Waals surface area contributed by atoms with Crippen LogP contribution in [-0.2, 0) is 4.79 Å². The van der Waals surface area contributed by atoms with Gasteiger partial charge in [0.05, 0.1) is 0 Å². The minimum Gasteiger partial charge on any atom is -0.353 e. The fraction of sp³-hybridized carbons (Fsp3) is 0.909. The first-order valence-electron chi connectivity index (χ1n) is 5.51. The molecular formula is C11H22N2O. The molecular weight excluding hydrogens is 176 g/mol. The minimum absolute atomic E-state index is 0.112. The van der Waals surface area contributed by atoms with Gasteiger partial charge in [-0.2, -0.15) is 0 Å². The molecule has 1 saturated carbocycles. The van der Waals surface area contributed by atoms with E-state index < -0.39 is 0 Å². The van der Waals surface area contributed by atoms with Crippen molar-refractivity contribution < 1.29 is 4.79 Å². The summed E-state index contributed by atoms with van der Waals surface area (Å²) in [6, 6.07) is 0.406. The van der Waals surface area contributed by atoms with E-state index in [1.807, 2.05) is 0 Å². The van der Waals surface area contributed by atoms with Crippen LogP contribution in [0, 0.1) is 5.92 Å². The quantitative estimate of drug-likeness (QED) is 0.740. The van der Waals surface area contributed by atoms with Gasteiger partial charge in [0.25, 0.3) is 0 Å². The molecule has 0 spiro atoms. The van der Waals surface area contributed by atoms with Crippen LogP contribution in [-0.4, -0.2) is 37.5 Å². The van der Waals surface area contributed by atoms with Crippen molar-refractivity contribution in [2.45, 2.75) is 38.6 Å². The van der Waals surface area contributed by atoms with Gasteiger partial charge in [-0.1, -0.05) is 12.8 Å². The SMILES string of the molecule is CC(=O)NC1CCCCC1CN(C)C. The van der Waals surface area contributed by atoms with E-state index in [1.165, 1.54) is 19.3 Å². The number of hydrogen-bond acceptors (Lipinski definition) is 2. The van der Waals surface area contributed by atoms with E-state index in [2.05, 4.69) is 24.3 Å². The van der Waals surface area contributed by atoms with Crippen molar-refractivity contribution in [3.63, 3.8) is 0 Å².